The number of hydrogen-bond donors (Lipinski definition) is 1. The third-order valence-electron chi connectivity index (χ3n) is 6.65. The molecule has 158 valence electrons. The van der Waals surface area contributed by atoms with Gasteiger partial charge in [0.05, 0.1) is 12.1 Å². The van der Waals surface area contributed by atoms with Crippen LogP contribution in [0.4, 0.5) is 4.39 Å². The number of aliphatic hydroxyl groups excluding tert-OH is 1. The monoisotopic (exact) mass is 417 g/mol. The van der Waals surface area contributed by atoms with Crippen LogP contribution in [0.1, 0.15) is 27.5 Å². The Morgan fingerprint density at radius 1 is 1.03 bits per heavy atom. The number of aromatic nitrogens is 1. The van der Waals surface area contributed by atoms with Crippen molar-refractivity contribution in [3.63, 3.8) is 0 Å². The molecule has 5 nitrogen and oxygen atoms in total. The maximum atomic E-state index is 13.4. The minimum absolute atomic E-state index is 0.0245. The summed E-state index contributed by atoms with van der Waals surface area (Å²) in [5, 5.41) is 10.2. The van der Waals surface area contributed by atoms with E-state index >= 15 is 0 Å². The lowest BCUT2D eigenvalue weighted by molar-refractivity contribution is -0.184. The minimum Gasteiger partial charge on any atom is -0.395 e. The van der Waals surface area contributed by atoms with Gasteiger partial charge in [-0.2, -0.15) is 0 Å². The number of carbonyl (C=O) groups excluding carboxylic acids is 1. The van der Waals surface area contributed by atoms with Crippen molar-refractivity contribution in [2.24, 2.45) is 0 Å². The summed E-state index contributed by atoms with van der Waals surface area (Å²) in [7, 11) is 0. The van der Waals surface area contributed by atoms with E-state index in [1.807, 2.05) is 29.2 Å². The Morgan fingerprint density at radius 2 is 1.74 bits per heavy atom. The van der Waals surface area contributed by atoms with Crippen molar-refractivity contribution in [1.29, 1.82) is 0 Å². The number of hydrogen-bond acceptors (Lipinski definition) is 4. The van der Waals surface area contributed by atoms with Crippen LogP contribution >= 0.6 is 0 Å². The average molecular weight is 417 g/mol. The highest BCUT2D eigenvalue weighted by Gasteiger charge is 2.66. The fraction of sp³-hybridized carbons (Fsp3) is 0.280. The summed E-state index contributed by atoms with van der Waals surface area (Å²) in [6, 6.07) is 21.9. The number of rotatable bonds is 5. The molecule has 2 atom stereocenters. The van der Waals surface area contributed by atoms with E-state index < -0.39 is 0 Å². The minimum atomic E-state index is -0.265. The zero-order valence-electron chi connectivity index (χ0n) is 17.1. The number of aliphatic hydroxyl groups is 1. The molecule has 1 amide bonds. The Kier molecular flexibility index (Phi) is 5.04. The van der Waals surface area contributed by atoms with Gasteiger partial charge in [0, 0.05) is 37.8 Å². The van der Waals surface area contributed by atoms with Crippen LogP contribution in [0.2, 0.25) is 0 Å². The molecule has 6 heteroatoms. The van der Waals surface area contributed by atoms with Gasteiger partial charge in [-0.1, -0.05) is 48.5 Å². The molecule has 0 unspecified atom stereocenters. The molecule has 1 aromatic heterocycles. The van der Waals surface area contributed by atoms with Crippen molar-refractivity contribution in [1.82, 2.24) is 14.8 Å². The fourth-order valence-electron chi connectivity index (χ4n) is 5.21. The second-order valence-corrected chi connectivity index (χ2v) is 8.37. The van der Waals surface area contributed by atoms with Crippen molar-refractivity contribution < 1.29 is 14.3 Å². The number of likely N-dealkylation sites (tertiary alicyclic amines) is 2. The second kappa shape index (κ2) is 7.87. The molecule has 1 N–H and O–H groups in total. The van der Waals surface area contributed by atoms with Gasteiger partial charge in [-0.15, -0.1) is 0 Å². The Bertz CT molecular complexity index is 1050. The third kappa shape index (κ3) is 3.32. The van der Waals surface area contributed by atoms with Gasteiger partial charge in [0.15, 0.2) is 0 Å². The SMILES string of the molecule is O=C(c1ccccn1)N1CC2(C1)[C@@H](c1ccccc1)[C@@H](CO)N2Cc1ccc(F)cc1. The topological polar surface area (TPSA) is 56.7 Å². The van der Waals surface area contributed by atoms with Crippen molar-refractivity contribution in [3.05, 3.63) is 102 Å². The van der Waals surface area contributed by atoms with Gasteiger partial charge < -0.3 is 10.0 Å². The first-order valence-electron chi connectivity index (χ1n) is 10.5. The molecule has 3 heterocycles. The van der Waals surface area contributed by atoms with Crippen LogP contribution in [0.25, 0.3) is 0 Å². The molecule has 2 aliphatic rings. The van der Waals surface area contributed by atoms with Crippen molar-refractivity contribution in [2.75, 3.05) is 19.7 Å². The molecule has 3 aromatic rings. The average Bonchev–Trinajstić information content (AvgIpc) is 2.78. The Hall–Kier alpha value is -3.09. The van der Waals surface area contributed by atoms with Crippen LogP contribution in [0.5, 0.6) is 0 Å². The van der Waals surface area contributed by atoms with E-state index in [-0.39, 0.29) is 35.8 Å². The highest BCUT2D eigenvalue weighted by Crippen LogP contribution is 2.54. The summed E-state index contributed by atoms with van der Waals surface area (Å²) < 4.78 is 13.4. The summed E-state index contributed by atoms with van der Waals surface area (Å²) in [6.45, 7) is 1.76. The Morgan fingerprint density at radius 3 is 2.39 bits per heavy atom. The van der Waals surface area contributed by atoms with Gasteiger partial charge in [0.1, 0.15) is 11.5 Å². The molecular weight excluding hydrogens is 393 g/mol. The maximum Gasteiger partial charge on any atom is 0.272 e. The van der Waals surface area contributed by atoms with E-state index in [0.29, 0.717) is 25.3 Å². The predicted octanol–water partition coefficient (Wildman–Crippen LogP) is 3.08. The molecule has 0 bridgehead atoms. The first kappa shape index (κ1) is 19.8. The molecule has 1 spiro atoms. The van der Waals surface area contributed by atoms with E-state index in [1.165, 1.54) is 17.7 Å². The van der Waals surface area contributed by atoms with E-state index in [2.05, 4.69) is 22.0 Å². The van der Waals surface area contributed by atoms with Crippen LogP contribution in [-0.2, 0) is 6.54 Å². The second-order valence-electron chi connectivity index (χ2n) is 8.37. The summed E-state index contributed by atoms with van der Waals surface area (Å²) in [6.07, 6.45) is 1.63. The lowest BCUT2D eigenvalue weighted by atomic mass is 9.60. The highest BCUT2D eigenvalue weighted by molar-refractivity contribution is 5.93. The van der Waals surface area contributed by atoms with Crippen molar-refractivity contribution in [2.45, 2.75) is 24.0 Å². The predicted molar refractivity (Wildman–Crippen MR) is 115 cm³/mol. The van der Waals surface area contributed by atoms with Gasteiger partial charge in [-0.05, 0) is 35.4 Å². The fourth-order valence-corrected chi connectivity index (χ4v) is 5.21. The number of benzene rings is 2. The van der Waals surface area contributed by atoms with Gasteiger partial charge in [0.25, 0.3) is 5.91 Å². The summed E-state index contributed by atoms with van der Waals surface area (Å²) in [4.78, 5) is 21.2. The first-order chi connectivity index (χ1) is 15.1. The lowest BCUT2D eigenvalue weighted by Gasteiger charge is -2.70. The number of nitrogens with zero attached hydrogens (tertiary/aromatic N) is 3. The first-order valence-corrected chi connectivity index (χ1v) is 10.5. The molecular formula is C25H24FN3O2. The summed E-state index contributed by atoms with van der Waals surface area (Å²) in [5.74, 6) is -0.224. The highest BCUT2D eigenvalue weighted by atomic mass is 19.1. The molecule has 31 heavy (non-hydrogen) atoms. The van der Waals surface area contributed by atoms with Crippen molar-refractivity contribution in [3.8, 4) is 0 Å². The van der Waals surface area contributed by atoms with E-state index in [0.717, 1.165) is 5.56 Å². The van der Waals surface area contributed by atoms with E-state index in [4.69, 9.17) is 0 Å². The van der Waals surface area contributed by atoms with Gasteiger partial charge >= 0.3 is 0 Å². The molecule has 2 aromatic carbocycles. The molecule has 0 aliphatic carbocycles. The zero-order valence-corrected chi connectivity index (χ0v) is 17.1. The van der Waals surface area contributed by atoms with Gasteiger partial charge in [0.2, 0.25) is 0 Å². The standard InChI is InChI=1S/C25H24FN3O2/c26-20-11-9-18(10-12-20)14-29-22(15-30)23(19-6-2-1-3-7-19)25(29)16-28(17-25)24(31)21-8-4-5-13-27-21/h1-13,22-23,30H,14-17H2/t22-,23+/m1/s1. The lowest BCUT2D eigenvalue weighted by Crippen LogP contribution is -2.84. The van der Waals surface area contributed by atoms with Crippen LogP contribution in [0, 0.1) is 5.82 Å². The molecule has 2 aliphatic heterocycles. The van der Waals surface area contributed by atoms with Crippen LogP contribution < -0.4 is 0 Å². The number of pyridine rings is 1. The molecule has 2 fully saturated rings. The van der Waals surface area contributed by atoms with Crippen molar-refractivity contribution >= 4 is 5.91 Å². The molecule has 5 rings (SSSR count). The molecule has 0 saturated carbocycles. The van der Waals surface area contributed by atoms with Crippen LogP contribution in [-0.4, -0.2) is 57.1 Å². The van der Waals surface area contributed by atoms with E-state index in [1.54, 1.807) is 30.5 Å². The zero-order chi connectivity index (χ0) is 21.4. The number of carbonyl (C=O) groups is 1. The Labute approximate surface area is 180 Å². The van der Waals surface area contributed by atoms with Gasteiger partial charge in [-0.3, -0.25) is 14.7 Å². The summed E-state index contributed by atoms with van der Waals surface area (Å²) >= 11 is 0. The quantitative estimate of drug-likeness (QED) is 0.693. The van der Waals surface area contributed by atoms with Gasteiger partial charge in [-0.25, -0.2) is 4.39 Å². The third-order valence-corrected chi connectivity index (χ3v) is 6.65. The van der Waals surface area contributed by atoms with Crippen LogP contribution in [0.15, 0.2) is 79.0 Å². The normalized spacial score (nSPS) is 22.1. The number of amides is 1. The van der Waals surface area contributed by atoms with Crippen LogP contribution in [0.3, 0.4) is 0 Å². The smallest absolute Gasteiger partial charge is 0.272 e. The molecule has 2 saturated heterocycles. The Balaban J connectivity index is 1.43. The largest absolute Gasteiger partial charge is 0.395 e. The van der Waals surface area contributed by atoms with E-state index in [9.17, 15) is 14.3 Å². The maximum absolute atomic E-state index is 13.4. The number of halogens is 1. The molecule has 0 radical (unpaired) electrons. The summed E-state index contributed by atoms with van der Waals surface area (Å²) in [5.41, 5.74) is 2.34.